The van der Waals surface area contributed by atoms with Crippen molar-refractivity contribution in [2.75, 3.05) is 5.32 Å². The molecule has 1 amide bonds. The van der Waals surface area contributed by atoms with Crippen molar-refractivity contribution in [2.24, 2.45) is 0 Å². The van der Waals surface area contributed by atoms with Gasteiger partial charge in [0.1, 0.15) is 4.60 Å². The Morgan fingerprint density at radius 2 is 2.19 bits per heavy atom. The van der Waals surface area contributed by atoms with E-state index in [2.05, 4.69) is 41.4 Å². The van der Waals surface area contributed by atoms with E-state index in [1.807, 2.05) is 0 Å². The summed E-state index contributed by atoms with van der Waals surface area (Å²) in [6, 6.07) is 0. The van der Waals surface area contributed by atoms with Crippen LogP contribution in [0.15, 0.2) is 23.2 Å². The van der Waals surface area contributed by atoms with E-state index in [0.29, 0.717) is 21.7 Å². The smallest absolute Gasteiger partial charge is 0.260 e. The molecule has 0 fully saturated rings. The Labute approximate surface area is 99.6 Å². The molecule has 2 aromatic rings. The number of aromatic amines is 1. The number of rotatable bonds is 2. The second kappa shape index (κ2) is 4.40. The highest BCUT2D eigenvalue weighted by Gasteiger charge is 2.11. The second-order valence-corrected chi connectivity index (χ2v) is 3.90. The average molecular weight is 282 g/mol. The summed E-state index contributed by atoms with van der Waals surface area (Å²) in [6.07, 6.45) is 4.45. The molecule has 2 rings (SSSR count). The van der Waals surface area contributed by atoms with Crippen LogP contribution in [0.4, 0.5) is 5.82 Å². The van der Waals surface area contributed by atoms with Gasteiger partial charge in [0.15, 0.2) is 5.82 Å². The third-order valence-electron chi connectivity index (χ3n) is 1.94. The molecule has 82 valence electrons. The zero-order chi connectivity index (χ0) is 11.5. The number of aryl methyl sites for hydroxylation is 1. The molecule has 0 unspecified atom stereocenters. The van der Waals surface area contributed by atoms with Crippen molar-refractivity contribution in [1.82, 2.24) is 20.2 Å². The Morgan fingerprint density at radius 1 is 1.38 bits per heavy atom. The van der Waals surface area contributed by atoms with Crippen molar-refractivity contribution < 1.29 is 4.79 Å². The van der Waals surface area contributed by atoms with Gasteiger partial charge in [-0.25, -0.2) is 9.97 Å². The number of nitrogens with zero attached hydrogens (tertiary/aromatic N) is 3. The summed E-state index contributed by atoms with van der Waals surface area (Å²) < 4.78 is 0.616. The second-order valence-electron chi connectivity index (χ2n) is 3.09. The van der Waals surface area contributed by atoms with Gasteiger partial charge >= 0.3 is 0 Å². The maximum absolute atomic E-state index is 11.7. The van der Waals surface area contributed by atoms with E-state index in [1.165, 1.54) is 18.6 Å². The van der Waals surface area contributed by atoms with E-state index >= 15 is 0 Å². The average Bonchev–Trinajstić information content (AvgIpc) is 2.68. The maximum atomic E-state index is 11.7. The summed E-state index contributed by atoms with van der Waals surface area (Å²) in [6.45, 7) is 1.77. The van der Waals surface area contributed by atoms with Crippen LogP contribution in [0.25, 0.3) is 0 Å². The van der Waals surface area contributed by atoms with Crippen LogP contribution in [0.3, 0.4) is 0 Å². The minimum absolute atomic E-state index is 0.261. The fourth-order valence-electron chi connectivity index (χ4n) is 1.14. The van der Waals surface area contributed by atoms with Crippen LogP contribution in [0, 0.1) is 6.92 Å². The number of carbonyl (C=O) groups excluding carboxylic acids is 1. The van der Waals surface area contributed by atoms with Crippen molar-refractivity contribution in [3.63, 3.8) is 0 Å². The van der Waals surface area contributed by atoms with Crippen molar-refractivity contribution >= 4 is 27.7 Å². The third kappa shape index (κ3) is 2.25. The van der Waals surface area contributed by atoms with Gasteiger partial charge in [0.2, 0.25) is 0 Å². The van der Waals surface area contributed by atoms with Crippen LogP contribution >= 0.6 is 15.9 Å². The van der Waals surface area contributed by atoms with E-state index in [9.17, 15) is 4.79 Å². The molecule has 0 aliphatic heterocycles. The molecule has 0 aliphatic rings. The standard InChI is InChI=1S/C9H8BrN5O/c1-5-6(2-13-15-5)9(16)14-8-4-11-7(10)3-12-8/h2-4H,1H3,(H,13,15)(H,12,14,16). The largest absolute Gasteiger partial charge is 0.305 e. The van der Waals surface area contributed by atoms with Crippen molar-refractivity contribution in [3.8, 4) is 0 Å². The first-order chi connectivity index (χ1) is 7.66. The monoisotopic (exact) mass is 281 g/mol. The molecule has 2 heterocycles. The fourth-order valence-corrected chi connectivity index (χ4v) is 1.34. The van der Waals surface area contributed by atoms with Gasteiger partial charge in [0.25, 0.3) is 5.91 Å². The van der Waals surface area contributed by atoms with Gasteiger partial charge in [-0.05, 0) is 22.9 Å². The normalized spacial score (nSPS) is 10.1. The zero-order valence-electron chi connectivity index (χ0n) is 8.36. The molecule has 0 radical (unpaired) electrons. The van der Waals surface area contributed by atoms with Crippen LogP contribution in [0.2, 0.25) is 0 Å². The number of nitrogens with one attached hydrogen (secondary N) is 2. The fraction of sp³-hybridized carbons (Fsp3) is 0.111. The number of hydrogen-bond donors (Lipinski definition) is 2. The predicted molar refractivity (Wildman–Crippen MR) is 61.0 cm³/mol. The Hall–Kier alpha value is -1.76. The van der Waals surface area contributed by atoms with E-state index in [4.69, 9.17) is 0 Å². The number of amides is 1. The highest BCUT2D eigenvalue weighted by molar-refractivity contribution is 9.10. The summed E-state index contributed by atoms with van der Waals surface area (Å²) >= 11 is 3.16. The highest BCUT2D eigenvalue weighted by atomic mass is 79.9. The summed E-state index contributed by atoms with van der Waals surface area (Å²) in [7, 11) is 0. The molecule has 2 N–H and O–H groups in total. The number of H-pyrrole nitrogens is 1. The molecule has 16 heavy (non-hydrogen) atoms. The van der Waals surface area contributed by atoms with Gasteiger partial charge in [-0.3, -0.25) is 9.89 Å². The summed E-state index contributed by atoms with van der Waals surface area (Å²) in [4.78, 5) is 19.7. The van der Waals surface area contributed by atoms with Crippen molar-refractivity contribution in [3.05, 3.63) is 34.5 Å². The van der Waals surface area contributed by atoms with Crippen molar-refractivity contribution in [1.29, 1.82) is 0 Å². The van der Waals surface area contributed by atoms with Crippen LogP contribution in [-0.2, 0) is 0 Å². The quantitative estimate of drug-likeness (QED) is 0.874. The molecular formula is C9H8BrN5O. The topological polar surface area (TPSA) is 83.6 Å². The Morgan fingerprint density at radius 3 is 2.75 bits per heavy atom. The summed E-state index contributed by atoms with van der Waals surface area (Å²) in [5.41, 5.74) is 1.20. The Bertz CT molecular complexity index is 507. The first-order valence-electron chi connectivity index (χ1n) is 4.45. The highest BCUT2D eigenvalue weighted by Crippen LogP contribution is 2.09. The number of hydrogen-bond acceptors (Lipinski definition) is 4. The molecule has 0 spiro atoms. The van der Waals surface area contributed by atoms with Crippen LogP contribution in [0.5, 0.6) is 0 Å². The molecule has 2 aromatic heterocycles. The first-order valence-corrected chi connectivity index (χ1v) is 5.25. The van der Waals surface area contributed by atoms with E-state index in [0.717, 1.165) is 0 Å². The van der Waals surface area contributed by atoms with Gasteiger partial charge in [0.05, 0.1) is 24.2 Å². The van der Waals surface area contributed by atoms with Gasteiger partial charge in [-0.2, -0.15) is 5.10 Å². The minimum atomic E-state index is -0.261. The first kappa shape index (κ1) is 10.7. The molecule has 7 heteroatoms. The lowest BCUT2D eigenvalue weighted by molar-refractivity contribution is 0.102. The zero-order valence-corrected chi connectivity index (χ0v) is 9.95. The Balaban J connectivity index is 2.14. The molecule has 0 saturated carbocycles. The molecule has 0 bridgehead atoms. The maximum Gasteiger partial charge on any atom is 0.260 e. The van der Waals surface area contributed by atoms with Crippen LogP contribution < -0.4 is 5.32 Å². The predicted octanol–water partition coefficient (Wildman–Crippen LogP) is 1.52. The minimum Gasteiger partial charge on any atom is -0.305 e. The van der Waals surface area contributed by atoms with Crippen LogP contribution in [-0.4, -0.2) is 26.1 Å². The lowest BCUT2D eigenvalue weighted by atomic mass is 10.2. The van der Waals surface area contributed by atoms with E-state index in [-0.39, 0.29) is 5.91 Å². The lowest BCUT2D eigenvalue weighted by Gasteiger charge is -2.02. The van der Waals surface area contributed by atoms with Crippen molar-refractivity contribution in [2.45, 2.75) is 6.92 Å². The SMILES string of the molecule is Cc1[nH]ncc1C(=O)Nc1cnc(Br)cn1. The Kier molecular flexibility index (Phi) is 2.95. The lowest BCUT2D eigenvalue weighted by Crippen LogP contribution is -2.13. The molecule has 0 aliphatic carbocycles. The number of halogens is 1. The van der Waals surface area contributed by atoms with Gasteiger partial charge < -0.3 is 5.32 Å². The number of carbonyl (C=O) groups is 1. The van der Waals surface area contributed by atoms with E-state index in [1.54, 1.807) is 6.92 Å². The third-order valence-corrected chi connectivity index (χ3v) is 2.35. The molecule has 6 nitrogen and oxygen atoms in total. The number of anilines is 1. The van der Waals surface area contributed by atoms with Gasteiger partial charge in [-0.1, -0.05) is 0 Å². The summed E-state index contributed by atoms with van der Waals surface area (Å²) in [5.74, 6) is 0.136. The van der Waals surface area contributed by atoms with Gasteiger partial charge in [-0.15, -0.1) is 0 Å². The van der Waals surface area contributed by atoms with Crippen LogP contribution in [0.1, 0.15) is 16.1 Å². The number of aromatic nitrogens is 4. The van der Waals surface area contributed by atoms with E-state index < -0.39 is 0 Å². The van der Waals surface area contributed by atoms with Gasteiger partial charge in [0, 0.05) is 5.69 Å². The molecule has 0 atom stereocenters. The molecular weight excluding hydrogens is 274 g/mol. The molecule has 0 aromatic carbocycles. The summed E-state index contributed by atoms with van der Waals surface area (Å²) in [5, 5.41) is 9.08. The molecule has 0 saturated heterocycles.